The van der Waals surface area contributed by atoms with E-state index < -0.39 is 0 Å². The average molecular weight is 246 g/mol. The first-order chi connectivity index (χ1) is 8.74. The third-order valence-corrected chi connectivity index (χ3v) is 2.77. The van der Waals surface area contributed by atoms with Crippen LogP contribution >= 0.6 is 0 Å². The summed E-state index contributed by atoms with van der Waals surface area (Å²) in [6, 6.07) is 6.65. The Bertz CT molecular complexity index is 521. The summed E-state index contributed by atoms with van der Waals surface area (Å²) in [7, 11) is 1.84. The Hall–Kier alpha value is -1.88. The van der Waals surface area contributed by atoms with Crippen LogP contribution in [-0.4, -0.2) is 17.2 Å². The first-order valence-electron chi connectivity index (χ1n) is 6.07. The fourth-order valence-electron chi connectivity index (χ4n) is 1.84. The number of benzene rings is 1. The highest BCUT2D eigenvalue weighted by molar-refractivity contribution is 5.62. The van der Waals surface area contributed by atoms with Crippen LogP contribution in [0.2, 0.25) is 0 Å². The minimum atomic E-state index is 0.434. The van der Waals surface area contributed by atoms with Gasteiger partial charge in [0, 0.05) is 5.69 Å². The van der Waals surface area contributed by atoms with Crippen molar-refractivity contribution in [2.75, 3.05) is 12.4 Å². The van der Waals surface area contributed by atoms with Gasteiger partial charge in [0.05, 0.1) is 6.54 Å². The molecular weight excluding hydrogens is 228 g/mol. The van der Waals surface area contributed by atoms with Gasteiger partial charge in [-0.25, -0.2) is 0 Å². The second-order valence-corrected chi connectivity index (χ2v) is 4.12. The van der Waals surface area contributed by atoms with E-state index in [4.69, 9.17) is 4.42 Å². The van der Waals surface area contributed by atoms with E-state index in [0.717, 1.165) is 12.1 Å². The van der Waals surface area contributed by atoms with Gasteiger partial charge in [0.15, 0.2) is 0 Å². The fraction of sp³-hybridized carbons (Fsp3) is 0.385. The van der Waals surface area contributed by atoms with Crippen molar-refractivity contribution in [2.24, 2.45) is 0 Å². The summed E-state index contributed by atoms with van der Waals surface area (Å²) in [5, 5.41) is 14.1. The number of hydrogen-bond donors (Lipinski definition) is 2. The van der Waals surface area contributed by atoms with Gasteiger partial charge >= 0.3 is 6.01 Å². The summed E-state index contributed by atoms with van der Waals surface area (Å²) in [6.07, 6.45) is 0.960. The number of aryl methyl sites for hydroxylation is 2. The van der Waals surface area contributed by atoms with Crippen molar-refractivity contribution < 1.29 is 4.42 Å². The Morgan fingerprint density at radius 2 is 2.11 bits per heavy atom. The lowest BCUT2D eigenvalue weighted by atomic mass is 10.1. The molecule has 96 valence electrons. The SMILES string of the molecule is CCc1cccc(C)c1Nc1nnc(CNC)o1. The van der Waals surface area contributed by atoms with Gasteiger partial charge in [-0.05, 0) is 31.5 Å². The van der Waals surface area contributed by atoms with E-state index in [1.807, 2.05) is 7.05 Å². The van der Waals surface area contributed by atoms with Crippen molar-refractivity contribution >= 4 is 11.7 Å². The molecule has 1 aromatic heterocycles. The molecule has 0 aliphatic carbocycles. The summed E-state index contributed by atoms with van der Waals surface area (Å²) >= 11 is 0. The zero-order valence-electron chi connectivity index (χ0n) is 10.9. The first-order valence-corrected chi connectivity index (χ1v) is 6.07. The van der Waals surface area contributed by atoms with Crippen LogP contribution < -0.4 is 10.6 Å². The smallest absolute Gasteiger partial charge is 0.320 e. The van der Waals surface area contributed by atoms with Gasteiger partial charge in [-0.15, -0.1) is 5.10 Å². The molecule has 0 amide bonds. The summed E-state index contributed by atoms with van der Waals surface area (Å²) in [5.41, 5.74) is 3.46. The molecule has 0 spiro atoms. The second kappa shape index (κ2) is 5.64. The molecule has 0 fully saturated rings. The van der Waals surface area contributed by atoms with Gasteiger partial charge in [-0.2, -0.15) is 0 Å². The van der Waals surface area contributed by atoms with Crippen molar-refractivity contribution in [2.45, 2.75) is 26.8 Å². The summed E-state index contributed by atoms with van der Waals surface area (Å²) < 4.78 is 5.49. The molecule has 0 bridgehead atoms. The predicted molar refractivity (Wildman–Crippen MR) is 70.9 cm³/mol. The third kappa shape index (κ3) is 2.68. The molecule has 0 unspecified atom stereocenters. The third-order valence-electron chi connectivity index (χ3n) is 2.77. The number of nitrogens with one attached hydrogen (secondary N) is 2. The molecule has 2 N–H and O–H groups in total. The highest BCUT2D eigenvalue weighted by atomic mass is 16.4. The van der Waals surface area contributed by atoms with Crippen LogP contribution in [0.4, 0.5) is 11.7 Å². The molecule has 0 saturated carbocycles. The molecule has 2 aromatic rings. The fourth-order valence-corrected chi connectivity index (χ4v) is 1.84. The summed E-state index contributed by atoms with van der Waals surface area (Å²) in [4.78, 5) is 0. The van der Waals surface area contributed by atoms with Crippen LogP contribution in [0.3, 0.4) is 0 Å². The number of para-hydroxylation sites is 1. The Balaban J connectivity index is 2.22. The summed E-state index contributed by atoms with van der Waals surface area (Å²) in [6.45, 7) is 4.76. The Morgan fingerprint density at radius 1 is 1.28 bits per heavy atom. The molecule has 5 heteroatoms. The number of rotatable bonds is 5. The monoisotopic (exact) mass is 246 g/mol. The number of hydrogen-bond acceptors (Lipinski definition) is 5. The maximum atomic E-state index is 5.49. The lowest BCUT2D eigenvalue weighted by Crippen LogP contribution is -2.04. The molecule has 1 aromatic carbocycles. The maximum absolute atomic E-state index is 5.49. The van der Waals surface area contributed by atoms with E-state index in [1.54, 1.807) is 0 Å². The van der Waals surface area contributed by atoms with Gasteiger partial charge in [0.2, 0.25) is 5.89 Å². The van der Waals surface area contributed by atoms with Crippen molar-refractivity contribution in [3.63, 3.8) is 0 Å². The Morgan fingerprint density at radius 3 is 2.83 bits per heavy atom. The van der Waals surface area contributed by atoms with Crippen molar-refractivity contribution in [1.29, 1.82) is 0 Å². The summed E-state index contributed by atoms with van der Waals surface area (Å²) in [5.74, 6) is 0.576. The van der Waals surface area contributed by atoms with E-state index in [2.05, 4.69) is 52.9 Å². The highest BCUT2D eigenvalue weighted by Gasteiger charge is 2.09. The van der Waals surface area contributed by atoms with Gasteiger partial charge in [-0.1, -0.05) is 30.2 Å². The van der Waals surface area contributed by atoms with E-state index in [0.29, 0.717) is 18.5 Å². The lowest BCUT2D eigenvalue weighted by molar-refractivity contribution is 0.492. The van der Waals surface area contributed by atoms with E-state index in [-0.39, 0.29) is 0 Å². The molecular formula is C13H18N4O. The average Bonchev–Trinajstić information content (AvgIpc) is 2.80. The zero-order chi connectivity index (χ0) is 13.0. The van der Waals surface area contributed by atoms with E-state index in [1.165, 1.54) is 11.1 Å². The molecule has 1 heterocycles. The van der Waals surface area contributed by atoms with E-state index >= 15 is 0 Å². The minimum Gasteiger partial charge on any atom is -0.406 e. The first kappa shape index (κ1) is 12.6. The topological polar surface area (TPSA) is 63.0 Å². The Kier molecular flexibility index (Phi) is 3.94. The quantitative estimate of drug-likeness (QED) is 0.848. The molecule has 0 aliphatic heterocycles. The minimum absolute atomic E-state index is 0.434. The van der Waals surface area contributed by atoms with Crippen molar-refractivity contribution in [3.8, 4) is 0 Å². The molecule has 5 nitrogen and oxygen atoms in total. The molecule has 0 saturated heterocycles. The van der Waals surface area contributed by atoms with Gasteiger partial charge < -0.3 is 15.1 Å². The lowest BCUT2D eigenvalue weighted by Gasteiger charge is -2.10. The molecule has 2 rings (SSSR count). The zero-order valence-corrected chi connectivity index (χ0v) is 10.9. The molecule has 18 heavy (non-hydrogen) atoms. The maximum Gasteiger partial charge on any atom is 0.320 e. The van der Waals surface area contributed by atoms with Crippen LogP contribution in [-0.2, 0) is 13.0 Å². The molecule has 0 radical (unpaired) electrons. The largest absolute Gasteiger partial charge is 0.406 e. The Labute approximate surface area is 107 Å². The predicted octanol–water partition coefficient (Wildman–Crippen LogP) is 2.40. The van der Waals surface area contributed by atoms with Gasteiger partial charge in [-0.3, -0.25) is 0 Å². The van der Waals surface area contributed by atoms with Crippen molar-refractivity contribution in [3.05, 3.63) is 35.2 Å². The van der Waals surface area contributed by atoms with Crippen LogP contribution in [0.1, 0.15) is 23.9 Å². The molecule has 0 atom stereocenters. The standard InChI is InChI=1S/C13H18N4O/c1-4-10-7-5-6-9(2)12(10)15-13-17-16-11(18-13)8-14-3/h5-7,14H,4,8H2,1-3H3,(H,15,17). The number of nitrogens with zero attached hydrogens (tertiary/aromatic N) is 2. The molecule has 0 aliphatic rings. The van der Waals surface area contributed by atoms with Crippen LogP contribution in [0, 0.1) is 6.92 Å². The number of anilines is 2. The van der Waals surface area contributed by atoms with Crippen molar-refractivity contribution in [1.82, 2.24) is 15.5 Å². The van der Waals surface area contributed by atoms with Gasteiger partial charge in [0.25, 0.3) is 0 Å². The van der Waals surface area contributed by atoms with Crippen LogP contribution in [0.15, 0.2) is 22.6 Å². The van der Waals surface area contributed by atoms with Gasteiger partial charge in [0.1, 0.15) is 0 Å². The van der Waals surface area contributed by atoms with Crippen LogP contribution in [0.25, 0.3) is 0 Å². The normalized spacial score (nSPS) is 10.6. The highest BCUT2D eigenvalue weighted by Crippen LogP contribution is 2.24. The van der Waals surface area contributed by atoms with E-state index in [9.17, 15) is 0 Å². The number of aromatic nitrogens is 2. The van der Waals surface area contributed by atoms with Crippen LogP contribution in [0.5, 0.6) is 0 Å². The second-order valence-electron chi connectivity index (χ2n) is 4.12.